The number of likely N-dealkylation sites (tertiary alicyclic amines) is 1. The summed E-state index contributed by atoms with van der Waals surface area (Å²) in [6.07, 6.45) is 7.83. The number of rotatable bonds is 13. The van der Waals surface area contributed by atoms with Crippen LogP contribution in [-0.2, 0) is 9.59 Å². The summed E-state index contributed by atoms with van der Waals surface area (Å²) in [6, 6.07) is 10.2. The van der Waals surface area contributed by atoms with Gasteiger partial charge in [0.25, 0.3) is 0 Å². The highest BCUT2D eigenvalue weighted by molar-refractivity contribution is 7.13. The molecular formula is C32H41FN4O2S. The first kappa shape index (κ1) is 28.7. The lowest BCUT2D eigenvalue weighted by Crippen LogP contribution is -2.37. The molecule has 1 spiro atoms. The molecule has 1 saturated heterocycles. The molecule has 1 amide bonds. The van der Waals surface area contributed by atoms with Gasteiger partial charge in [-0.05, 0) is 92.9 Å². The Kier molecular flexibility index (Phi) is 9.16. The van der Waals surface area contributed by atoms with Crippen molar-refractivity contribution in [2.24, 2.45) is 11.3 Å². The Labute approximate surface area is 240 Å². The standard InChI is InChI=1S/C32H41FN4O2S/c1-3-24(38)9-6-5-7-10-26(34-31(39)25-21-32(25)16-18-37(4-2)19-17-32)28-29(27-11-8-20-40-27)36-30(35-28)22-12-14-23(33)15-13-22/h8,11-15,20,25-26H,3-7,9-10,16-19,21H2,1-2H3,(H,34,39)(H,35,36)/t25?,26-/m0/s1. The van der Waals surface area contributed by atoms with Crippen LogP contribution >= 0.6 is 11.3 Å². The van der Waals surface area contributed by atoms with Crippen LogP contribution in [0.25, 0.3) is 22.0 Å². The molecule has 3 heterocycles. The van der Waals surface area contributed by atoms with E-state index in [0.717, 1.165) is 86.4 Å². The van der Waals surface area contributed by atoms with Crippen molar-refractivity contribution in [2.75, 3.05) is 19.6 Å². The molecule has 6 nitrogen and oxygen atoms in total. The lowest BCUT2D eigenvalue weighted by molar-refractivity contribution is -0.124. The van der Waals surface area contributed by atoms with Gasteiger partial charge in [-0.15, -0.1) is 11.3 Å². The zero-order chi connectivity index (χ0) is 28.1. The third-order valence-electron chi connectivity index (χ3n) is 8.92. The highest BCUT2D eigenvalue weighted by atomic mass is 32.1. The van der Waals surface area contributed by atoms with Gasteiger partial charge in [0, 0.05) is 24.3 Å². The molecule has 2 N–H and O–H groups in total. The van der Waals surface area contributed by atoms with Gasteiger partial charge in [0.15, 0.2) is 0 Å². The number of nitrogens with zero attached hydrogens (tertiary/aromatic N) is 2. The normalized spacial score (nSPS) is 19.0. The van der Waals surface area contributed by atoms with Crippen molar-refractivity contribution in [2.45, 2.75) is 77.7 Å². The van der Waals surface area contributed by atoms with Crippen LogP contribution in [0.3, 0.4) is 0 Å². The Morgan fingerprint density at radius 1 is 1.15 bits per heavy atom. The summed E-state index contributed by atoms with van der Waals surface area (Å²) >= 11 is 1.62. The predicted octanol–water partition coefficient (Wildman–Crippen LogP) is 7.15. The number of carbonyl (C=O) groups excluding carboxylic acids is 2. The Bertz CT molecular complexity index is 1280. The molecule has 2 fully saturated rings. The zero-order valence-corrected chi connectivity index (χ0v) is 24.5. The van der Waals surface area contributed by atoms with Gasteiger partial charge in [-0.25, -0.2) is 9.37 Å². The van der Waals surface area contributed by atoms with E-state index in [9.17, 15) is 14.0 Å². The Morgan fingerprint density at radius 2 is 1.93 bits per heavy atom. The molecule has 3 aromatic rings. The maximum absolute atomic E-state index is 13.7. The second-order valence-corrected chi connectivity index (χ2v) is 12.4. The highest BCUT2D eigenvalue weighted by Gasteiger charge is 2.58. The molecule has 1 unspecified atom stereocenters. The second-order valence-electron chi connectivity index (χ2n) is 11.4. The first-order chi connectivity index (χ1) is 19.4. The van der Waals surface area contributed by atoms with E-state index in [1.54, 1.807) is 23.5 Å². The van der Waals surface area contributed by atoms with Crippen LogP contribution in [0.1, 0.15) is 83.4 Å². The minimum atomic E-state index is -0.288. The van der Waals surface area contributed by atoms with Crippen LogP contribution in [-0.4, -0.2) is 46.2 Å². The molecule has 1 aromatic carbocycles. The molecule has 2 aliphatic rings. The fourth-order valence-electron chi connectivity index (χ4n) is 6.16. The first-order valence-electron chi connectivity index (χ1n) is 14.9. The fourth-order valence-corrected chi connectivity index (χ4v) is 6.88. The first-order valence-corrected chi connectivity index (χ1v) is 15.7. The summed E-state index contributed by atoms with van der Waals surface area (Å²) in [6.45, 7) is 7.33. The number of Topliss-reactive ketones (excluding diaryl/α,β-unsaturated/α-hetero) is 1. The Balaban J connectivity index is 1.37. The number of aromatic amines is 1. The zero-order valence-electron chi connectivity index (χ0n) is 23.7. The topological polar surface area (TPSA) is 78.1 Å². The molecule has 0 radical (unpaired) electrons. The minimum Gasteiger partial charge on any atom is -0.347 e. The number of ketones is 1. The van der Waals surface area contributed by atoms with Crippen LogP contribution < -0.4 is 5.32 Å². The van der Waals surface area contributed by atoms with Gasteiger partial charge in [0.1, 0.15) is 23.1 Å². The number of hydrogen-bond donors (Lipinski definition) is 2. The minimum absolute atomic E-state index is 0.0702. The summed E-state index contributed by atoms with van der Waals surface area (Å²) in [5, 5.41) is 5.46. The number of piperidine rings is 1. The maximum Gasteiger partial charge on any atom is 0.224 e. The van der Waals surface area contributed by atoms with Crippen molar-refractivity contribution in [3.8, 4) is 22.0 Å². The number of carbonyl (C=O) groups is 2. The van der Waals surface area contributed by atoms with E-state index < -0.39 is 0 Å². The van der Waals surface area contributed by atoms with Crippen molar-refractivity contribution in [3.63, 3.8) is 0 Å². The summed E-state index contributed by atoms with van der Waals surface area (Å²) < 4.78 is 13.6. The van der Waals surface area contributed by atoms with Gasteiger partial charge in [-0.1, -0.05) is 32.8 Å². The molecule has 2 atom stereocenters. The van der Waals surface area contributed by atoms with Crippen molar-refractivity contribution < 1.29 is 14.0 Å². The predicted molar refractivity (Wildman–Crippen MR) is 158 cm³/mol. The number of nitrogens with one attached hydrogen (secondary N) is 2. The van der Waals surface area contributed by atoms with Crippen molar-refractivity contribution >= 4 is 23.0 Å². The molecule has 5 rings (SSSR count). The van der Waals surface area contributed by atoms with Crippen LogP contribution in [0, 0.1) is 17.2 Å². The highest BCUT2D eigenvalue weighted by Crippen LogP contribution is 2.59. The molecule has 0 bridgehead atoms. The largest absolute Gasteiger partial charge is 0.347 e. The smallest absolute Gasteiger partial charge is 0.224 e. The molecule has 214 valence electrons. The number of halogens is 1. The van der Waals surface area contributed by atoms with E-state index in [2.05, 4.69) is 22.1 Å². The number of H-pyrrole nitrogens is 1. The van der Waals surface area contributed by atoms with E-state index in [0.29, 0.717) is 24.4 Å². The van der Waals surface area contributed by atoms with E-state index in [1.165, 1.54) is 12.1 Å². The van der Waals surface area contributed by atoms with Crippen LogP contribution in [0.4, 0.5) is 4.39 Å². The molecule has 40 heavy (non-hydrogen) atoms. The number of aromatic nitrogens is 2. The molecule has 8 heteroatoms. The summed E-state index contributed by atoms with van der Waals surface area (Å²) in [5.74, 6) is 0.896. The molecule has 2 aromatic heterocycles. The van der Waals surface area contributed by atoms with E-state index in [1.807, 2.05) is 24.4 Å². The number of hydrogen-bond acceptors (Lipinski definition) is 5. The summed E-state index contributed by atoms with van der Waals surface area (Å²) in [7, 11) is 0. The van der Waals surface area contributed by atoms with Crippen LogP contribution in [0.15, 0.2) is 41.8 Å². The molecular weight excluding hydrogens is 523 g/mol. The number of unbranched alkanes of at least 4 members (excludes halogenated alkanes) is 2. The SMILES string of the molecule is CCC(=O)CCCCC[C@H](NC(=O)C1CC12CCN(CC)CC2)c1[nH]c(-c2ccc(F)cc2)nc1-c1cccs1. The van der Waals surface area contributed by atoms with Gasteiger partial charge in [-0.2, -0.15) is 0 Å². The maximum atomic E-state index is 13.7. The van der Waals surface area contributed by atoms with Crippen LogP contribution in [0.5, 0.6) is 0 Å². The van der Waals surface area contributed by atoms with Gasteiger partial charge in [0.05, 0.1) is 16.6 Å². The monoisotopic (exact) mass is 564 g/mol. The van der Waals surface area contributed by atoms with Crippen molar-refractivity contribution in [1.29, 1.82) is 0 Å². The van der Waals surface area contributed by atoms with E-state index >= 15 is 0 Å². The third-order valence-corrected chi connectivity index (χ3v) is 9.79. The van der Waals surface area contributed by atoms with Crippen molar-refractivity contribution in [3.05, 3.63) is 53.3 Å². The summed E-state index contributed by atoms with van der Waals surface area (Å²) in [4.78, 5) is 37.5. The number of benzene rings is 1. The van der Waals surface area contributed by atoms with E-state index in [4.69, 9.17) is 4.98 Å². The lowest BCUT2D eigenvalue weighted by atomic mass is 9.90. The van der Waals surface area contributed by atoms with Crippen LogP contribution in [0.2, 0.25) is 0 Å². The second kappa shape index (κ2) is 12.8. The fraction of sp³-hybridized carbons (Fsp3) is 0.531. The molecule has 1 aliphatic carbocycles. The number of amides is 1. The third kappa shape index (κ3) is 6.55. The Morgan fingerprint density at radius 3 is 2.60 bits per heavy atom. The van der Waals surface area contributed by atoms with Gasteiger partial charge >= 0.3 is 0 Å². The lowest BCUT2D eigenvalue weighted by Gasteiger charge is -2.32. The molecule has 1 aliphatic heterocycles. The average Bonchev–Trinajstić information content (AvgIpc) is 3.29. The molecule has 1 saturated carbocycles. The average molecular weight is 565 g/mol. The summed E-state index contributed by atoms with van der Waals surface area (Å²) in [5.41, 5.74) is 2.69. The van der Waals surface area contributed by atoms with Crippen molar-refractivity contribution in [1.82, 2.24) is 20.2 Å². The van der Waals surface area contributed by atoms with E-state index in [-0.39, 0.29) is 29.1 Å². The van der Waals surface area contributed by atoms with Gasteiger partial charge in [-0.3, -0.25) is 9.59 Å². The number of imidazole rings is 1. The quantitative estimate of drug-likeness (QED) is 0.216. The van der Waals surface area contributed by atoms with Gasteiger partial charge < -0.3 is 15.2 Å². The number of thiophene rings is 1. The van der Waals surface area contributed by atoms with Gasteiger partial charge in [0.2, 0.25) is 5.91 Å². The Hall–Kier alpha value is -2.84.